The Bertz CT molecular complexity index is 893. The van der Waals surface area contributed by atoms with Crippen LogP contribution in [0.2, 0.25) is 0 Å². The smallest absolute Gasteiger partial charge is 0.321 e. The van der Waals surface area contributed by atoms with Crippen molar-refractivity contribution in [3.05, 3.63) is 54.1 Å². The second-order valence-corrected chi connectivity index (χ2v) is 8.69. The molecule has 1 fully saturated rings. The van der Waals surface area contributed by atoms with Crippen molar-refractivity contribution in [3.8, 4) is 11.1 Å². The van der Waals surface area contributed by atoms with E-state index in [1.807, 2.05) is 48.5 Å². The van der Waals surface area contributed by atoms with Gasteiger partial charge in [0.05, 0.1) is 0 Å². The molecule has 1 aliphatic rings. The second-order valence-electron chi connectivity index (χ2n) is 8.69. The number of hydrogen-bond acceptors (Lipinski definition) is 3. The SMILES string of the molecule is CCCCCNC(=O)N(C)c1cccc(-c2ccc(C[C@H](NCC3CC3)C(=O)O)cc2)c1. The van der Waals surface area contributed by atoms with Gasteiger partial charge in [0.2, 0.25) is 0 Å². The number of unbranched alkanes of at least 4 members (excludes halogenated alkanes) is 2. The predicted octanol–water partition coefficient (Wildman–Crippen LogP) is 4.68. The minimum Gasteiger partial charge on any atom is -0.480 e. The Morgan fingerprint density at radius 3 is 2.50 bits per heavy atom. The van der Waals surface area contributed by atoms with Gasteiger partial charge in [0.1, 0.15) is 6.04 Å². The van der Waals surface area contributed by atoms with E-state index in [9.17, 15) is 14.7 Å². The molecule has 32 heavy (non-hydrogen) atoms. The first-order valence-corrected chi connectivity index (χ1v) is 11.6. The van der Waals surface area contributed by atoms with Gasteiger partial charge >= 0.3 is 12.0 Å². The molecule has 172 valence electrons. The molecule has 0 saturated heterocycles. The van der Waals surface area contributed by atoms with Gasteiger partial charge in [-0.05, 0) is 67.0 Å². The fourth-order valence-corrected chi connectivity index (χ4v) is 3.65. The lowest BCUT2D eigenvalue weighted by molar-refractivity contribution is -0.139. The molecule has 0 radical (unpaired) electrons. The van der Waals surface area contributed by atoms with E-state index in [4.69, 9.17) is 0 Å². The number of amides is 2. The largest absolute Gasteiger partial charge is 0.480 e. The third-order valence-corrected chi connectivity index (χ3v) is 5.97. The lowest BCUT2D eigenvalue weighted by atomic mass is 10.00. The molecule has 0 unspecified atom stereocenters. The Balaban J connectivity index is 1.61. The highest BCUT2D eigenvalue weighted by Crippen LogP contribution is 2.28. The zero-order chi connectivity index (χ0) is 22.9. The fraction of sp³-hybridized carbons (Fsp3) is 0.462. The summed E-state index contributed by atoms with van der Waals surface area (Å²) in [6.45, 7) is 3.61. The van der Waals surface area contributed by atoms with Gasteiger partial charge in [-0.15, -0.1) is 0 Å². The number of aliphatic carboxylic acids is 1. The lowest BCUT2D eigenvalue weighted by Gasteiger charge is -2.19. The number of nitrogens with zero attached hydrogens (tertiary/aromatic N) is 1. The van der Waals surface area contributed by atoms with E-state index in [0.29, 0.717) is 18.9 Å². The van der Waals surface area contributed by atoms with E-state index in [2.05, 4.69) is 17.6 Å². The fourth-order valence-electron chi connectivity index (χ4n) is 3.65. The molecule has 0 aromatic heterocycles. The minimum absolute atomic E-state index is 0.105. The van der Waals surface area contributed by atoms with Crippen molar-refractivity contribution in [2.24, 2.45) is 5.92 Å². The normalized spacial score (nSPS) is 14.1. The maximum Gasteiger partial charge on any atom is 0.321 e. The number of carboxylic acid groups (broad SMARTS) is 1. The van der Waals surface area contributed by atoms with Gasteiger partial charge < -0.3 is 15.7 Å². The van der Waals surface area contributed by atoms with Crippen LogP contribution in [0.4, 0.5) is 10.5 Å². The molecule has 2 aromatic carbocycles. The van der Waals surface area contributed by atoms with E-state index in [0.717, 1.165) is 48.2 Å². The zero-order valence-corrected chi connectivity index (χ0v) is 19.1. The van der Waals surface area contributed by atoms with Gasteiger partial charge in [-0.2, -0.15) is 0 Å². The van der Waals surface area contributed by atoms with Crippen LogP contribution in [0.5, 0.6) is 0 Å². The molecule has 6 heteroatoms. The second kappa shape index (κ2) is 11.7. The van der Waals surface area contributed by atoms with Gasteiger partial charge in [0.15, 0.2) is 0 Å². The summed E-state index contributed by atoms with van der Waals surface area (Å²) < 4.78 is 0. The maximum atomic E-state index is 12.4. The number of benzene rings is 2. The summed E-state index contributed by atoms with van der Waals surface area (Å²) in [5.74, 6) is -0.165. The van der Waals surface area contributed by atoms with Crippen molar-refractivity contribution in [1.82, 2.24) is 10.6 Å². The number of rotatable bonds is 12. The van der Waals surface area contributed by atoms with Gasteiger partial charge in [0, 0.05) is 19.3 Å². The van der Waals surface area contributed by atoms with E-state index >= 15 is 0 Å². The molecule has 3 N–H and O–H groups in total. The van der Waals surface area contributed by atoms with Crippen LogP contribution in [0.1, 0.15) is 44.6 Å². The van der Waals surface area contributed by atoms with Crippen molar-refractivity contribution in [2.45, 2.75) is 51.5 Å². The topological polar surface area (TPSA) is 81.7 Å². The first kappa shape index (κ1) is 23.8. The van der Waals surface area contributed by atoms with Crippen LogP contribution in [-0.4, -0.2) is 43.3 Å². The number of carboxylic acids is 1. The molecule has 1 saturated carbocycles. The Morgan fingerprint density at radius 1 is 1.09 bits per heavy atom. The van der Waals surface area contributed by atoms with Crippen molar-refractivity contribution < 1.29 is 14.7 Å². The molecule has 6 nitrogen and oxygen atoms in total. The number of nitrogens with one attached hydrogen (secondary N) is 2. The molecule has 2 amide bonds. The van der Waals surface area contributed by atoms with Crippen LogP contribution < -0.4 is 15.5 Å². The Hall–Kier alpha value is -2.86. The molecular weight excluding hydrogens is 402 g/mol. The highest BCUT2D eigenvalue weighted by Gasteiger charge is 2.24. The molecular formula is C26H35N3O3. The summed E-state index contributed by atoms with van der Waals surface area (Å²) in [5, 5.41) is 15.7. The Labute approximate surface area is 191 Å². The number of hydrogen-bond donors (Lipinski definition) is 3. The molecule has 0 spiro atoms. The van der Waals surface area contributed by atoms with E-state index < -0.39 is 12.0 Å². The average Bonchev–Trinajstić information content (AvgIpc) is 3.63. The van der Waals surface area contributed by atoms with Crippen LogP contribution in [0.3, 0.4) is 0 Å². The summed E-state index contributed by atoms with van der Waals surface area (Å²) in [6.07, 6.45) is 6.08. The number of carbonyl (C=O) groups excluding carboxylic acids is 1. The molecule has 0 heterocycles. The standard InChI is InChI=1S/C26H35N3O3/c1-3-4-5-15-27-26(32)29(2)23-8-6-7-22(17-23)21-13-11-19(12-14-21)16-24(25(30)31)28-18-20-9-10-20/h6-8,11-14,17,20,24,28H,3-5,9-10,15-16,18H2,1-2H3,(H,27,32)(H,30,31)/t24-/m0/s1. The monoisotopic (exact) mass is 437 g/mol. The summed E-state index contributed by atoms with van der Waals surface area (Å²) in [5.41, 5.74) is 3.87. The summed E-state index contributed by atoms with van der Waals surface area (Å²) in [7, 11) is 1.78. The lowest BCUT2D eigenvalue weighted by Crippen LogP contribution is -2.39. The minimum atomic E-state index is -0.807. The average molecular weight is 438 g/mol. The highest BCUT2D eigenvalue weighted by molar-refractivity contribution is 5.92. The van der Waals surface area contributed by atoms with Crippen LogP contribution in [-0.2, 0) is 11.2 Å². The molecule has 3 rings (SSSR count). The zero-order valence-electron chi connectivity index (χ0n) is 19.1. The van der Waals surface area contributed by atoms with E-state index in [1.165, 1.54) is 12.8 Å². The number of anilines is 1. The van der Waals surface area contributed by atoms with Crippen molar-refractivity contribution >= 4 is 17.7 Å². The molecule has 0 bridgehead atoms. The van der Waals surface area contributed by atoms with Crippen LogP contribution in [0.15, 0.2) is 48.5 Å². The van der Waals surface area contributed by atoms with Gasteiger partial charge in [0.25, 0.3) is 0 Å². The third-order valence-electron chi connectivity index (χ3n) is 5.97. The quantitative estimate of drug-likeness (QED) is 0.421. The Kier molecular flexibility index (Phi) is 8.68. The van der Waals surface area contributed by atoms with Crippen LogP contribution in [0, 0.1) is 5.92 Å². The molecule has 2 aromatic rings. The van der Waals surface area contributed by atoms with Crippen LogP contribution >= 0.6 is 0 Å². The highest BCUT2D eigenvalue weighted by atomic mass is 16.4. The first-order chi connectivity index (χ1) is 15.5. The van der Waals surface area contributed by atoms with Crippen LogP contribution in [0.25, 0.3) is 11.1 Å². The Morgan fingerprint density at radius 2 is 1.84 bits per heavy atom. The maximum absolute atomic E-state index is 12.4. The van der Waals surface area contributed by atoms with Gasteiger partial charge in [-0.3, -0.25) is 9.69 Å². The van der Waals surface area contributed by atoms with E-state index in [1.54, 1.807) is 11.9 Å². The van der Waals surface area contributed by atoms with Crippen molar-refractivity contribution in [1.29, 1.82) is 0 Å². The molecule has 0 aliphatic heterocycles. The molecule has 1 atom stereocenters. The van der Waals surface area contributed by atoms with Gasteiger partial charge in [-0.25, -0.2) is 4.79 Å². The summed E-state index contributed by atoms with van der Waals surface area (Å²) in [4.78, 5) is 25.6. The first-order valence-electron chi connectivity index (χ1n) is 11.6. The van der Waals surface area contributed by atoms with Crippen molar-refractivity contribution in [3.63, 3.8) is 0 Å². The van der Waals surface area contributed by atoms with Gasteiger partial charge in [-0.1, -0.05) is 56.2 Å². The van der Waals surface area contributed by atoms with E-state index in [-0.39, 0.29) is 6.03 Å². The summed E-state index contributed by atoms with van der Waals surface area (Å²) >= 11 is 0. The van der Waals surface area contributed by atoms with Crippen molar-refractivity contribution in [2.75, 3.05) is 25.0 Å². The number of carbonyl (C=O) groups is 2. The molecule has 1 aliphatic carbocycles. The predicted molar refractivity (Wildman–Crippen MR) is 129 cm³/mol. The third kappa shape index (κ3) is 7.09. The summed E-state index contributed by atoms with van der Waals surface area (Å²) in [6, 6.07) is 15.2. The number of urea groups is 1.